The lowest BCUT2D eigenvalue weighted by Crippen LogP contribution is -2.26. The van der Waals surface area contributed by atoms with Gasteiger partial charge in [0.05, 0.1) is 11.8 Å². The molecule has 6 nitrogen and oxygen atoms in total. The lowest BCUT2D eigenvalue weighted by atomic mass is 10.3. The Bertz CT molecular complexity index is 398. The first kappa shape index (κ1) is 11.4. The maximum atomic E-state index is 11.0. The summed E-state index contributed by atoms with van der Waals surface area (Å²) in [6.07, 6.45) is -0.695. The summed E-state index contributed by atoms with van der Waals surface area (Å²) >= 11 is 1.12. The molecule has 0 aliphatic heterocycles. The zero-order chi connectivity index (χ0) is 10.8. The van der Waals surface area contributed by atoms with E-state index >= 15 is 0 Å². The molecular weight excluding hydrogens is 226 g/mol. The molecule has 1 aromatic rings. The predicted molar refractivity (Wildman–Crippen MR) is 54.4 cm³/mol. The van der Waals surface area contributed by atoms with Crippen LogP contribution in [-0.4, -0.2) is 25.6 Å². The van der Waals surface area contributed by atoms with Crippen LogP contribution in [0.4, 0.5) is 5.13 Å². The van der Waals surface area contributed by atoms with Gasteiger partial charge in [0, 0.05) is 12.4 Å². The molecule has 1 rings (SSSR count). The first-order valence-corrected chi connectivity index (χ1v) is 6.15. The van der Waals surface area contributed by atoms with Crippen molar-refractivity contribution in [2.24, 2.45) is 0 Å². The molecule has 1 atom stereocenters. The van der Waals surface area contributed by atoms with E-state index in [2.05, 4.69) is 14.4 Å². The smallest absolute Gasteiger partial charge is 0.300 e. The van der Waals surface area contributed by atoms with E-state index in [0.717, 1.165) is 11.3 Å². The molecule has 0 aliphatic carbocycles. The molecule has 8 heteroatoms. The summed E-state index contributed by atoms with van der Waals surface area (Å²) in [6, 6.07) is 0. The lowest BCUT2D eigenvalue weighted by Gasteiger charge is -2.01. The van der Waals surface area contributed by atoms with Gasteiger partial charge in [-0.15, -0.1) is 11.3 Å². The number of aliphatic hydroxyl groups excluding tert-OH is 1. The largest absolute Gasteiger partial charge is 0.387 e. The number of hydrogen-bond donors (Lipinski definition) is 3. The molecule has 0 saturated carbocycles. The number of anilines is 1. The highest BCUT2D eigenvalue weighted by molar-refractivity contribution is 7.91. The van der Waals surface area contributed by atoms with E-state index in [-0.39, 0.29) is 5.13 Å². The van der Waals surface area contributed by atoms with Crippen molar-refractivity contribution in [2.45, 2.75) is 13.0 Å². The van der Waals surface area contributed by atoms with Crippen LogP contribution >= 0.6 is 11.3 Å². The second kappa shape index (κ2) is 4.22. The summed E-state index contributed by atoms with van der Waals surface area (Å²) in [5.74, 6) is 0. The molecule has 1 aromatic heterocycles. The molecule has 0 radical (unpaired) electrons. The second-order valence-electron chi connectivity index (χ2n) is 2.56. The van der Waals surface area contributed by atoms with Crippen molar-refractivity contribution in [1.82, 2.24) is 9.71 Å². The fourth-order valence-corrected chi connectivity index (χ4v) is 2.23. The van der Waals surface area contributed by atoms with Crippen molar-refractivity contribution in [2.75, 3.05) is 11.8 Å². The summed E-state index contributed by atoms with van der Waals surface area (Å²) in [7, 11) is -2.22. The highest BCUT2D eigenvalue weighted by Gasteiger charge is 2.11. The quantitative estimate of drug-likeness (QED) is 0.691. The number of nitrogens with one attached hydrogen (secondary N) is 2. The third-order valence-electron chi connectivity index (χ3n) is 1.44. The molecule has 14 heavy (non-hydrogen) atoms. The van der Waals surface area contributed by atoms with Crippen molar-refractivity contribution in [3.63, 3.8) is 0 Å². The van der Waals surface area contributed by atoms with Crippen LogP contribution in [0.2, 0.25) is 0 Å². The monoisotopic (exact) mass is 237 g/mol. The van der Waals surface area contributed by atoms with Crippen molar-refractivity contribution < 1.29 is 13.5 Å². The number of rotatable bonds is 4. The van der Waals surface area contributed by atoms with Gasteiger partial charge in [-0.05, 0) is 6.92 Å². The Labute approximate surface area is 86.2 Å². The van der Waals surface area contributed by atoms with Crippen LogP contribution in [0.1, 0.15) is 18.7 Å². The van der Waals surface area contributed by atoms with E-state index in [1.54, 1.807) is 12.3 Å². The Kier molecular flexibility index (Phi) is 3.43. The fraction of sp³-hybridized carbons (Fsp3) is 0.500. The van der Waals surface area contributed by atoms with E-state index < -0.39 is 16.3 Å². The van der Waals surface area contributed by atoms with Crippen molar-refractivity contribution >= 4 is 26.7 Å². The highest BCUT2D eigenvalue weighted by Crippen LogP contribution is 2.20. The minimum absolute atomic E-state index is 0.232. The van der Waals surface area contributed by atoms with E-state index in [1.165, 1.54) is 7.05 Å². The van der Waals surface area contributed by atoms with Gasteiger partial charge in [0.2, 0.25) is 0 Å². The minimum atomic E-state index is -3.52. The topological polar surface area (TPSA) is 91.3 Å². The van der Waals surface area contributed by atoms with E-state index in [1.807, 2.05) is 0 Å². The normalized spacial score (nSPS) is 13.9. The van der Waals surface area contributed by atoms with Gasteiger partial charge in [-0.2, -0.15) is 8.42 Å². The Hall–Kier alpha value is -0.700. The molecule has 0 bridgehead atoms. The maximum absolute atomic E-state index is 11.0. The van der Waals surface area contributed by atoms with Gasteiger partial charge < -0.3 is 5.11 Å². The van der Waals surface area contributed by atoms with Crippen LogP contribution < -0.4 is 9.44 Å². The van der Waals surface area contributed by atoms with E-state index in [4.69, 9.17) is 5.11 Å². The number of aliphatic hydroxyl groups is 1. The van der Waals surface area contributed by atoms with Gasteiger partial charge in [-0.3, -0.25) is 0 Å². The number of nitrogens with zero attached hydrogens (tertiary/aromatic N) is 1. The first-order valence-electron chi connectivity index (χ1n) is 3.79. The van der Waals surface area contributed by atoms with Gasteiger partial charge in [0.15, 0.2) is 5.13 Å². The van der Waals surface area contributed by atoms with Gasteiger partial charge in [0.1, 0.15) is 0 Å². The van der Waals surface area contributed by atoms with Gasteiger partial charge in [0.25, 0.3) is 0 Å². The van der Waals surface area contributed by atoms with Crippen LogP contribution in [0.25, 0.3) is 0 Å². The lowest BCUT2D eigenvalue weighted by molar-refractivity contribution is 0.195. The molecule has 3 N–H and O–H groups in total. The van der Waals surface area contributed by atoms with Gasteiger partial charge in [-0.1, -0.05) is 0 Å². The third kappa shape index (κ3) is 2.91. The van der Waals surface area contributed by atoms with E-state index in [9.17, 15) is 8.42 Å². The predicted octanol–water partition coefficient (Wildman–Crippen LogP) is 0.0725. The fourth-order valence-electron chi connectivity index (χ4n) is 0.691. The summed E-state index contributed by atoms with van der Waals surface area (Å²) in [6.45, 7) is 1.56. The van der Waals surface area contributed by atoms with Gasteiger partial charge >= 0.3 is 10.2 Å². The average molecular weight is 237 g/mol. The van der Waals surface area contributed by atoms with E-state index in [0.29, 0.717) is 5.69 Å². The molecule has 0 amide bonds. The number of aromatic nitrogens is 1. The summed E-state index contributed by atoms with van der Waals surface area (Å²) in [5, 5.41) is 11.0. The SMILES string of the molecule is CNS(=O)(=O)Nc1nc(C(C)O)cs1. The zero-order valence-corrected chi connectivity index (χ0v) is 9.32. The minimum Gasteiger partial charge on any atom is -0.387 e. The van der Waals surface area contributed by atoms with Gasteiger partial charge in [-0.25, -0.2) is 14.4 Å². The summed E-state index contributed by atoms with van der Waals surface area (Å²) < 4.78 is 26.4. The highest BCUT2D eigenvalue weighted by atomic mass is 32.2. The van der Waals surface area contributed by atoms with Crippen LogP contribution in [-0.2, 0) is 10.2 Å². The molecule has 0 spiro atoms. The average Bonchev–Trinajstić information content (AvgIpc) is 2.52. The van der Waals surface area contributed by atoms with Crippen LogP contribution in [0, 0.1) is 0 Å². The van der Waals surface area contributed by atoms with Crippen molar-refractivity contribution in [3.05, 3.63) is 11.1 Å². The molecular formula is C6H11N3O3S2. The van der Waals surface area contributed by atoms with Crippen LogP contribution in [0.3, 0.4) is 0 Å². The standard InChI is InChI=1S/C6H11N3O3S2/c1-4(10)5-3-13-6(8-5)9-14(11,12)7-2/h3-4,7,10H,1-2H3,(H,8,9). The summed E-state index contributed by atoms with van der Waals surface area (Å²) in [4.78, 5) is 3.88. The number of hydrogen-bond acceptors (Lipinski definition) is 5. The first-order chi connectivity index (χ1) is 6.44. The Morgan fingerprint density at radius 1 is 1.64 bits per heavy atom. The second-order valence-corrected chi connectivity index (χ2v) is 5.04. The Morgan fingerprint density at radius 2 is 2.29 bits per heavy atom. The Balaban J connectivity index is 2.79. The molecule has 0 fully saturated rings. The molecule has 0 saturated heterocycles. The number of thiazole rings is 1. The van der Waals surface area contributed by atoms with Crippen molar-refractivity contribution in [3.8, 4) is 0 Å². The summed E-state index contributed by atoms with van der Waals surface area (Å²) in [5.41, 5.74) is 0.448. The molecule has 0 aliphatic rings. The maximum Gasteiger partial charge on any atom is 0.300 e. The zero-order valence-electron chi connectivity index (χ0n) is 7.68. The van der Waals surface area contributed by atoms with Crippen LogP contribution in [0.15, 0.2) is 5.38 Å². The molecule has 1 heterocycles. The van der Waals surface area contributed by atoms with Crippen molar-refractivity contribution in [1.29, 1.82) is 0 Å². The molecule has 80 valence electrons. The third-order valence-corrected chi connectivity index (χ3v) is 3.35. The Morgan fingerprint density at radius 3 is 2.71 bits per heavy atom. The molecule has 1 unspecified atom stereocenters. The molecule has 0 aromatic carbocycles. The van der Waals surface area contributed by atoms with Crippen LogP contribution in [0.5, 0.6) is 0 Å².